The number of nitrogens with zero attached hydrogens (tertiary/aromatic N) is 2. The Bertz CT molecular complexity index is 330. The van der Waals surface area contributed by atoms with Crippen molar-refractivity contribution in [1.29, 1.82) is 0 Å². The van der Waals surface area contributed by atoms with Crippen molar-refractivity contribution in [3.63, 3.8) is 0 Å². The first-order chi connectivity index (χ1) is 7.75. The van der Waals surface area contributed by atoms with Crippen LogP contribution in [-0.4, -0.2) is 29.1 Å². The Labute approximate surface area is 96.6 Å². The Morgan fingerprint density at radius 3 is 3.00 bits per heavy atom. The van der Waals surface area contributed by atoms with Crippen molar-refractivity contribution in [2.45, 2.75) is 45.9 Å². The average Bonchev–Trinajstić information content (AvgIpc) is 2.59. The molecule has 0 saturated carbocycles. The predicted octanol–water partition coefficient (Wildman–Crippen LogP) is 2.04. The highest BCUT2D eigenvalue weighted by Gasteiger charge is 2.13. The van der Waals surface area contributed by atoms with E-state index in [-0.39, 0.29) is 6.29 Å². The highest BCUT2D eigenvalue weighted by molar-refractivity contribution is 4.99. The normalized spacial score (nSPS) is 21.2. The first-order valence-electron chi connectivity index (χ1n) is 5.99. The van der Waals surface area contributed by atoms with Gasteiger partial charge in [-0.1, -0.05) is 0 Å². The van der Waals surface area contributed by atoms with Crippen molar-refractivity contribution in [3.8, 4) is 0 Å². The summed E-state index contributed by atoms with van der Waals surface area (Å²) in [4.78, 5) is 4.35. The first-order valence-corrected chi connectivity index (χ1v) is 5.99. The van der Waals surface area contributed by atoms with Crippen molar-refractivity contribution in [3.05, 3.63) is 17.7 Å². The zero-order chi connectivity index (χ0) is 11.4. The van der Waals surface area contributed by atoms with Gasteiger partial charge in [0.05, 0.1) is 12.3 Å². The summed E-state index contributed by atoms with van der Waals surface area (Å²) in [5.41, 5.74) is 1.06. The van der Waals surface area contributed by atoms with Crippen LogP contribution in [0.1, 0.15) is 30.8 Å². The third kappa shape index (κ3) is 3.06. The Morgan fingerprint density at radius 2 is 2.38 bits per heavy atom. The maximum atomic E-state index is 5.68. The molecule has 1 aromatic rings. The lowest BCUT2D eigenvalue weighted by Crippen LogP contribution is -2.24. The fourth-order valence-electron chi connectivity index (χ4n) is 2.02. The van der Waals surface area contributed by atoms with Crippen molar-refractivity contribution in [2.75, 3.05) is 13.2 Å². The van der Waals surface area contributed by atoms with E-state index < -0.39 is 0 Å². The maximum absolute atomic E-state index is 5.68. The largest absolute Gasteiger partial charge is 0.353 e. The van der Waals surface area contributed by atoms with E-state index in [4.69, 9.17) is 9.47 Å². The summed E-state index contributed by atoms with van der Waals surface area (Å²) in [7, 11) is 0. The summed E-state index contributed by atoms with van der Waals surface area (Å²) in [5.74, 6) is 1.05. The van der Waals surface area contributed by atoms with Crippen LogP contribution in [0.3, 0.4) is 0 Å². The van der Waals surface area contributed by atoms with Gasteiger partial charge in [0, 0.05) is 19.3 Å². The van der Waals surface area contributed by atoms with Crippen LogP contribution in [0.25, 0.3) is 0 Å². The lowest BCUT2D eigenvalue weighted by atomic mass is 10.2. The summed E-state index contributed by atoms with van der Waals surface area (Å²) < 4.78 is 13.3. The van der Waals surface area contributed by atoms with Crippen molar-refractivity contribution < 1.29 is 9.47 Å². The lowest BCUT2D eigenvalue weighted by Gasteiger charge is -2.22. The van der Waals surface area contributed by atoms with Gasteiger partial charge in [-0.2, -0.15) is 0 Å². The molecule has 2 heterocycles. The van der Waals surface area contributed by atoms with E-state index in [2.05, 4.69) is 15.7 Å². The van der Waals surface area contributed by atoms with E-state index in [1.807, 2.05) is 13.8 Å². The third-order valence-electron chi connectivity index (χ3n) is 2.87. The molecule has 0 N–H and O–H groups in total. The summed E-state index contributed by atoms with van der Waals surface area (Å²) in [6.45, 7) is 6.42. The molecule has 16 heavy (non-hydrogen) atoms. The molecule has 4 nitrogen and oxygen atoms in total. The number of aryl methyl sites for hydroxylation is 2. The molecule has 90 valence electrons. The van der Waals surface area contributed by atoms with Gasteiger partial charge in [0.25, 0.3) is 0 Å². The molecule has 4 heteroatoms. The number of ether oxygens (including phenoxy) is 2. The fourth-order valence-corrected chi connectivity index (χ4v) is 2.02. The Hall–Kier alpha value is -0.870. The molecule has 1 atom stereocenters. The number of rotatable bonds is 4. The number of aromatic nitrogens is 2. The second kappa shape index (κ2) is 5.46. The zero-order valence-electron chi connectivity index (χ0n) is 10.1. The van der Waals surface area contributed by atoms with Gasteiger partial charge in [0.2, 0.25) is 0 Å². The number of imidazole rings is 1. The van der Waals surface area contributed by atoms with E-state index >= 15 is 0 Å². The van der Waals surface area contributed by atoms with Gasteiger partial charge in [-0.05, 0) is 33.1 Å². The highest BCUT2D eigenvalue weighted by Crippen LogP contribution is 2.13. The van der Waals surface area contributed by atoms with Gasteiger partial charge in [0.15, 0.2) is 6.29 Å². The quantitative estimate of drug-likeness (QED) is 0.785. The predicted molar refractivity (Wildman–Crippen MR) is 61.2 cm³/mol. The Balaban J connectivity index is 1.73. The minimum atomic E-state index is 0.0127. The minimum Gasteiger partial charge on any atom is -0.353 e. The standard InChI is InChI=1S/C12H20N2O2/c1-10-9-14(11(2)13-10)6-8-16-12-5-3-4-7-15-12/h9,12H,3-8H2,1-2H3. The molecule has 2 rings (SSSR count). The third-order valence-corrected chi connectivity index (χ3v) is 2.87. The molecule has 0 spiro atoms. The lowest BCUT2D eigenvalue weighted by molar-refractivity contribution is -0.163. The van der Waals surface area contributed by atoms with Gasteiger partial charge < -0.3 is 14.0 Å². The van der Waals surface area contributed by atoms with Crippen LogP contribution in [0.5, 0.6) is 0 Å². The van der Waals surface area contributed by atoms with E-state index in [0.29, 0.717) is 6.61 Å². The van der Waals surface area contributed by atoms with E-state index in [1.165, 1.54) is 12.8 Å². The van der Waals surface area contributed by atoms with E-state index in [1.54, 1.807) is 0 Å². The number of hydrogen-bond donors (Lipinski definition) is 0. The van der Waals surface area contributed by atoms with E-state index in [0.717, 1.165) is 31.1 Å². The van der Waals surface area contributed by atoms with Crippen LogP contribution in [0.4, 0.5) is 0 Å². The van der Waals surface area contributed by atoms with Gasteiger partial charge in [0.1, 0.15) is 5.82 Å². The van der Waals surface area contributed by atoms with Crippen LogP contribution in [0, 0.1) is 13.8 Å². The summed E-state index contributed by atoms with van der Waals surface area (Å²) >= 11 is 0. The molecule has 0 radical (unpaired) electrons. The number of hydrogen-bond acceptors (Lipinski definition) is 3. The smallest absolute Gasteiger partial charge is 0.157 e. The molecule has 1 aromatic heterocycles. The summed E-state index contributed by atoms with van der Waals surface area (Å²) in [5, 5.41) is 0. The molecule has 1 fully saturated rings. The van der Waals surface area contributed by atoms with Crippen molar-refractivity contribution >= 4 is 0 Å². The Morgan fingerprint density at radius 1 is 1.50 bits per heavy atom. The average molecular weight is 224 g/mol. The van der Waals surface area contributed by atoms with Gasteiger partial charge >= 0.3 is 0 Å². The Kier molecular flexibility index (Phi) is 3.96. The van der Waals surface area contributed by atoms with Gasteiger partial charge in [-0.3, -0.25) is 0 Å². The molecule has 1 saturated heterocycles. The SMILES string of the molecule is Cc1cn(CCOC2CCCCO2)c(C)n1. The molecular formula is C12H20N2O2. The van der Waals surface area contributed by atoms with Crippen molar-refractivity contribution in [1.82, 2.24) is 9.55 Å². The van der Waals surface area contributed by atoms with Crippen LogP contribution >= 0.6 is 0 Å². The molecular weight excluding hydrogens is 204 g/mol. The van der Waals surface area contributed by atoms with E-state index in [9.17, 15) is 0 Å². The fraction of sp³-hybridized carbons (Fsp3) is 0.750. The van der Waals surface area contributed by atoms with Crippen LogP contribution in [0.2, 0.25) is 0 Å². The topological polar surface area (TPSA) is 36.3 Å². The highest BCUT2D eigenvalue weighted by atomic mass is 16.7. The molecule has 0 bridgehead atoms. The molecule has 1 unspecified atom stereocenters. The molecule has 0 amide bonds. The van der Waals surface area contributed by atoms with Crippen LogP contribution in [-0.2, 0) is 16.0 Å². The first kappa shape index (κ1) is 11.6. The zero-order valence-corrected chi connectivity index (χ0v) is 10.1. The molecule has 0 aliphatic carbocycles. The molecule has 0 aromatic carbocycles. The van der Waals surface area contributed by atoms with Crippen LogP contribution < -0.4 is 0 Å². The molecule has 1 aliphatic heterocycles. The van der Waals surface area contributed by atoms with Gasteiger partial charge in [-0.25, -0.2) is 4.98 Å². The second-order valence-electron chi connectivity index (χ2n) is 4.29. The minimum absolute atomic E-state index is 0.0127. The van der Waals surface area contributed by atoms with Gasteiger partial charge in [-0.15, -0.1) is 0 Å². The summed E-state index contributed by atoms with van der Waals surface area (Å²) in [6.07, 6.45) is 5.48. The second-order valence-corrected chi connectivity index (χ2v) is 4.29. The van der Waals surface area contributed by atoms with Crippen LogP contribution in [0.15, 0.2) is 6.20 Å². The summed E-state index contributed by atoms with van der Waals surface area (Å²) in [6, 6.07) is 0. The molecule has 1 aliphatic rings. The monoisotopic (exact) mass is 224 g/mol. The van der Waals surface area contributed by atoms with Crippen molar-refractivity contribution in [2.24, 2.45) is 0 Å². The maximum Gasteiger partial charge on any atom is 0.157 e.